The quantitative estimate of drug-likeness (QED) is 0.874. The summed E-state index contributed by atoms with van der Waals surface area (Å²) in [6.45, 7) is 7.65. The Kier molecular flexibility index (Phi) is 5.03. The van der Waals surface area contributed by atoms with Gasteiger partial charge in [-0.1, -0.05) is 48.9 Å². The molecule has 2 N–H and O–H groups in total. The number of ether oxygens (including phenoxy) is 1. The summed E-state index contributed by atoms with van der Waals surface area (Å²) in [5, 5.41) is 0. The van der Waals surface area contributed by atoms with Crippen molar-refractivity contribution in [3.63, 3.8) is 0 Å². The number of benzene rings is 2. The summed E-state index contributed by atoms with van der Waals surface area (Å²) in [6, 6.07) is 17.0. The van der Waals surface area contributed by atoms with Gasteiger partial charge in [-0.05, 0) is 43.5 Å². The molecule has 2 aromatic rings. The van der Waals surface area contributed by atoms with E-state index in [2.05, 4.69) is 50.2 Å². The minimum Gasteiger partial charge on any atom is -0.494 e. The van der Waals surface area contributed by atoms with Gasteiger partial charge in [-0.3, -0.25) is 0 Å². The first-order valence-corrected chi connectivity index (χ1v) is 7.56. The number of aryl methyl sites for hydroxylation is 1. The van der Waals surface area contributed by atoms with E-state index in [0.717, 1.165) is 12.2 Å². The Balaban J connectivity index is 2.25. The third-order valence-electron chi connectivity index (χ3n) is 4.00. The maximum absolute atomic E-state index is 6.09. The average molecular weight is 283 g/mol. The zero-order chi connectivity index (χ0) is 15.3. The first kappa shape index (κ1) is 15.6. The number of hydrogen-bond acceptors (Lipinski definition) is 2. The first-order chi connectivity index (χ1) is 10.1. The van der Waals surface area contributed by atoms with Crippen LogP contribution >= 0.6 is 0 Å². The molecule has 0 spiro atoms. The monoisotopic (exact) mass is 283 g/mol. The largest absolute Gasteiger partial charge is 0.494 e. The molecule has 0 aliphatic rings. The van der Waals surface area contributed by atoms with Crippen LogP contribution in [0.2, 0.25) is 0 Å². The molecule has 0 aliphatic heterocycles. The normalized spacial score (nSPS) is 13.7. The Morgan fingerprint density at radius 3 is 2.43 bits per heavy atom. The molecule has 0 heterocycles. The van der Waals surface area contributed by atoms with E-state index in [-0.39, 0.29) is 5.41 Å². The van der Waals surface area contributed by atoms with Gasteiger partial charge < -0.3 is 10.5 Å². The van der Waals surface area contributed by atoms with E-state index in [0.29, 0.717) is 13.2 Å². The van der Waals surface area contributed by atoms with Crippen LogP contribution < -0.4 is 10.5 Å². The van der Waals surface area contributed by atoms with E-state index in [1.54, 1.807) is 0 Å². The van der Waals surface area contributed by atoms with Crippen molar-refractivity contribution in [3.05, 3.63) is 65.2 Å². The zero-order valence-electron chi connectivity index (χ0n) is 13.2. The van der Waals surface area contributed by atoms with Crippen molar-refractivity contribution in [2.75, 3.05) is 13.2 Å². The molecule has 1 unspecified atom stereocenters. The Bertz CT molecular complexity index is 576. The summed E-state index contributed by atoms with van der Waals surface area (Å²) >= 11 is 0. The van der Waals surface area contributed by atoms with E-state index in [1.807, 2.05) is 19.1 Å². The third kappa shape index (κ3) is 3.85. The van der Waals surface area contributed by atoms with Gasteiger partial charge in [0.15, 0.2) is 0 Å². The SMILES string of the molecule is CCOc1cccc(CC(C)(CN)c2ccc(C)cc2)c1. The molecule has 21 heavy (non-hydrogen) atoms. The van der Waals surface area contributed by atoms with Crippen molar-refractivity contribution in [1.82, 2.24) is 0 Å². The number of nitrogens with two attached hydrogens (primary N) is 1. The molecular weight excluding hydrogens is 258 g/mol. The smallest absolute Gasteiger partial charge is 0.119 e. The van der Waals surface area contributed by atoms with Crippen LogP contribution in [-0.2, 0) is 11.8 Å². The Labute approximate surface area is 127 Å². The molecule has 0 fully saturated rings. The van der Waals surface area contributed by atoms with E-state index < -0.39 is 0 Å². The fourth-order valence-electron chi connectivity index (χ4n) is 2.61. The lowest BCUT2D eigenvalue weighted by molar-refractivity contribution is 0.339. The predicted molar refractivity (Wildman–Crippen MR) is 88.9 cm³/mol. The molecule has 0 saturated carbocycles. The molecule has 0 saturated heterocycles. The average Bonchev–Trinajstić information content (AvgIpc) is 2.48. The highest BCUT2D eigenvalue weighted by Crippen LogP contribution is 2.28. The Hall–Kier alpha value is -1.80. The molecule has 0 radical (unpaired) electrons. The second-order valence-corrected chi connectivity index (χ2v) is 5.89. The minimum absolute atomic E-state index is 0.0570. The molecule has 0 bridgehead atoms. The van der Waals surface area contributed by atoms with E-state index in [1.165, 1.54) is 16.7 Å². The highest BCUT2D eigenvalue weighted by Gasteiger charge is 2.25. The second kappa shape index (κ2) is 6.77. The van der Waals surface area contributed by atoms with Crippen molar-refractivity contribution >= 4 is 0 Å². The van der Waals surface area contributed by atoms with Crippen molar-refractivity contribution in [3.8, 4) is 5.75 Å². The van der Waals surface area contributed by atoms with E-state index in [4.69, 9.17) is 10.5 Å². The van der Waals surface area contributed by atoms with Gasteiger partial charge in [-0.2, -0.15) is 0 Å². The molecule has 2 heteroatoms. The molecule has 0 aliphatic carbocycles. The van der Waals surface area contributed by atoms with Crippen LogP contribution in [0.1, 0.15) is 30.5 Å². The van der Waals surface area contributed by atoms with Crippen molar-refractivity contribution in [2.24, 2.45) is 5.73 Å². The van der Waals surface area contributed by atoms with Crippen LogP contribution in [0.5, 0.6) is 5.75 Å². The summed E-state index contributed by atoms with van der Waals surface area (Å²) in [6.07, 6.45) is 0.910. The fourth-order valence-corrected chi connectivity index (χ4v) is 2.61. The van der Waals surface area contributed by atoms with Gasteiger partial charge in [0.2, 0.25) is 0 Å². The van der Waals surface area contributed by atoms with Gasteiger partial charge in [-0.25, -0.2) is 0 Å². The highest BCUT2D eigenvalue weighted by atomic mass is 16.5. The minimum atomic E-state index is -0.0570. The van der Waals surface area contributed by atoms with Crippen LogP contribution in [-0.4, -0.2) is 13.2 Å². The second-order valence-electron chi connectivity index (χ2n) is 5.89. The first-order valence-electron chi connectivity index (χ1n) is 7.56. The van der Waals surface area contributed by atoms with Gasteiger partial charge >= 0.3 is 0 Å². The standard InChI is InChI=1S/C19H25NO/c1-4-21-18-7-5-6-16(12-18)13-19(3,14-20)17-10-8-15(2)9-11-17/h5-12H,4,13-14,20H2,1-3H3. The zero-order valence-corrected chi connectivity index (χ0v) is 13.2. The summed E-state index contributed by atoms with van der Waals surface area (Å²) in [5.41, 5.74) is 9.86. The summed E-state index contributed by atoms with van der Waals surface area (Å²) in [7, 11) is 0. The highest BCUT2D eigenvalue weighted by molar-refractivity contribution is 5.34. The van der Waals surface area contributed by atoms with E-state index in [9.17, 15) is 0 Å². The van der Waals surface area contributed by atoms with Gasteiger partial charge in [0.25, 0.3) is 0 Å². The molecule has 112 valence electrons. The summed E-state index contributed by atoms with van der Waals surface area (Å²) < 4.78 is 5.58. The van der Waals surface area contributed by atoms with Gasteiger partial charge in [-0.15, -0.1) is 0 Å². The molecular formula is C19H25NO. The van der Waals surface area contributed by atoms with Crippen LogP contribution in [0.15, 0.2) is 48.5 Å². The molecule has 0 amide bonds. The van der Waals surface area contributed by atoms with Crippen molar-refractivity contribution in [1.29, 1.82) is 0 Å². The maximum Gasteiger partial charge on any atom is 0.119 e. The lowest BCUT2D eigenvalue weighted by atomic mass is 9.77. The number of rotatable bonds is 6. The number of hydrogen-bond donors (Lipinski definition) is 1. The van der Waals surface area contributed by atoms with Gasteiger partial charge in [0, 0.05) is 12.0 Å². The van der Waals surface area contributed by atoms with Gasteiger partial charge in [0.05, 0.1) is 6.61 Å². The van der Waals surface area contributed by atoms with Crippen LogP contribution in [0.3, 0.4) is 0 Å². The maximum atomic E-state index is 6.09. The Morgan fingerprint density at radius 1 is 1.10 bits per heavy atom. The topological polar surface area (TPSA) is 35.2 Å². The third-order valence-corrected chi connectivity index (χ3v) is 4.00. The lowest BCUT2D eigenvalue weighted by Crippen LogP contribution is -2.34. The van der Waals surface area contributed by atoms with Crippen molar-refractivity contribution < 1.29 is 4.74 Å². The predicted octanol–water partition coefficient (Wildman–Crippen LogP) is 3.85. The van der Waals surface area contributed by atoms with Crippen molar-refractivity contribution in [2.45, 2.75) is 32.6 Å². The molecule has 2 aromatic carbocycles. The molecule has 2 nitrogen and oxygen atoms in total. The van der Waals surface area contributed by atoms with Gasteiger partial charge in [0.1, 0.15) is 5.75 Å². The Morgan fingerprint density at radius 2 is 1.81 bits per heavy atom. The lowest BCUT2D eigenvalue weighted by Gasteiger charge is -2.29. The van der Waals surface area contributed by atoms with Crippen LogP contribution in [0.4, 0.5) is 0 Å². The van der Waals surface area contributed by atoms with E-state index >= 15 is 0 Å². The molecule has 2 rings (SSSR count). The fraction of sp³-hybridized carbons (Fsp3) is 0.368. The summed E-state index contributed by atoms with van der Waals surface area (Å²) in [4.78, 5) is 0. The molecule has 1 atom stereocenters. The molecule has 0 aromatic heterocycles. The van der Waals surface area contributed by atoms with Crippen LogP contribution in [0.25, 0.3) is 0 Å². The van der Waals surface area contributed by atoms with Crippen LogP contribution in [0, 0.1) is 6.92 Å². The summed E-state index contributed by atoms with van der Waals surface area (Å²) in [5.74, 6) is 0.929.